The van der Waals surface area contributed by atoms with Gasteiger partial charge < -0.3 is 10.1 Å². The molecule has 2 rings (SSSR count). The maximum absolute atomic E-state index is 11.0. The highest BCUT2D eigenvalue weighted by molar-refractivity contribution is 5.64. The highest BCUT2D eigenvalue weighted by atomic mass is 16.6. The number of nitro benzene ring substituents is 1. The van der Waals surface area contributed by atoms with Gasteiger partial charge in [-0.05, 0) is 19.1 Å². The number of anilines is 1. The third kappa shape index (κ3) is 3.19. The van der Waals surface area contributed by atoms with Crippen molar-refractivity contribution in [3.63, 3.8) is 0 Å². The van der Waals surface area contributed by atoms with Gasteiger partial charge in [-0.2, -0.15) is 0 Å². The molecule has 1 N–H and O–H groups in total. The van der Waals surface area contributed by atoms with Crippen LogP contribution in [-0.2, 0) is 6.54 Å². The number of methoxy groups -OCH3 is 1. The lowest BCUT2D eigenvalue weighted by Gasteiger charge is -2.08. The van der Waals surface area contributed by atoms with E-state index in [2.05, 4.69) is 15.3 Å². The Morgan fingerprint density at radius 2 is 2.20 bits per heavy atom. The first-order chi connectivity index (χ1) is 9.60. The van der Waals surface area contributed by atoms with Gasteiger partial charge in [-0.15, -0.1) is 0 Å². The standard InChI is InChI=1S/C13H14N4O3/c1-9-14-6-5-10(16-9)8-15-12-7-11(20-2)3-4-13(12)17(18)19/h3-7,15H,8H2,1-2H3. The summed E-state index contributed by atoms with van der Waals surface area (Å²) in [7, 11) is 1.51. The highest BCUT2D eigenvalue weighted by Gasteiger charge is 2.14. The van der Waals surface area contributed by atoms with Crippen LogP contribution in [0.1, 0.15) is 11.5 Å². The number of nitro groups is 1. The Labute approximate surface area is 115 Å². The van der Waals surface area contributed by atoms with Crippen LogP contribution >= 0.6 is 0 Å². The zero-order chi connectivity index (χ0) is 14.5. The lowest BCUT2D eigenvalue weighted by atomic mass is 10.2. The molecule has 1 heterocycles. The number of nitrogens with zero attached hydrogens (tertiary/aromatic N) is 3. The maximum Gasteiger partial charge on any atom is 0.292 e. The van der Waals surface area contributed by atoms with E-state index < -0.39 is 4.92 Å². The average molecular weight is 274 g/mol. The monoisotopic (exact) mass is 274 g/mol. The van der Waals surface area contributed by atoms with E-state index in [4.69, 9.17) is 4.74 Å². The number of ether oxygens (including phenoxy) is 1. The summed E-state index contributed by atoms with van der Waals surface area (Å²) < 4.78 is 5.07. The number of benzene rings is 1. The van der Waals surface area contributed by atoms with Crippen molar-refractivity contribution in [2.75, 3.05) is 12.4 Å². The van der Waals surface area contributed by atoms with Crippen molar-refractivity contribution >= 4 is 11.4 Å². The molecule has 1 aromatic carbocycles. The van der Waals surface area contributed by atoms with Gasteiger partial charge in [0.15, 0.2) is 0 Å². The molecule has 7 nitrogen and oxygen atoms in total. The molecule has 0 radical (unpaired) electrons. The van der Waals surface area contributed by atoms with E-state index in [9.17, 15) is 10.1 Å². The van der Waals surface area contributed by atoms with Gasteiger partial charge in [-0.1, -0.05) is 0 Å². The van der Waals surface area contributed by atoms with Crippen LogP contribution in [0.15, 0.2) is 30.5 Å². The molecule has 0 atom stereocenters. The Morgan fingerprint density at radius 1 is 1.40 bits per heavy atom. The van der Waals surface area contributed by atoms with Crippen LogP contribution in [0.25, 0.3) is 0 Å². The van der Waals surface area contributed by atoms with Crippen LogP contribution in [-0.4, -0.2) is 22.0 Å². The lowest BCUT2D eigenvalue weighted by molar-refractivity contribution is -0.384. The van der Waals surface area contributed by atoms with E-state index in [0.29, 0.717) is 23.8 Å². The molecule has 0 spiro atoms. The summed E-state index contributed by atoms with van der Waals surface area (Å²) >= 11 is 0. The first-order valence-electron chi connectivity index (χ1n) is 5.95. The number of aromatic nitrogens is 2. The molecular weight excluding hydrogens is 260 g/mol. The molecule has 7 heteroatoms. The van der Waals surface area contributed by atoms with Gasteiger partial charge in [0.1, 0.15) is 17.3 Å². The molecule has 0 fully saturated rings. The minimum absolute atomic E-state index is 0.00317. The van der Waals surface area contributed by atoms with E-state index in [1.165, 1.54) is 13.2 Å². The predicted molar refractivity (Wildman–Crippen MR) is 73.7 cm³/mol. The van der Waals surface area contributed by atoms with Crippen molar-refractivity contribution in [1.82, 2.24) is 9.97 Å². The van der Waals surface area contributed by atoms with Crippen LogP contribution in [0.4, 0.5) is 11.4 Å². The van der Waals surface area contributed by atoms with E-state index in [-0.39, 0.29) is 5.69 Å². The number of nitrogens with one attached hydrogen (secondary N) is 1. The van der Waals surface area contributed by atoms with Crippen LogP contribution < -0.4 is 10.1 Å². The summed E-state index contributed by atoms with van der Waals surface area (Å²) in [6, 6.07) is 6.31. The quantitative estimate of drug-likeness (QED) is 0.664. The number of rotatable bonds is 5. The molecule has 104 valence electrons. The third-order valence-electron chi connectivity index (χ3n) is 2.69. The maximum atomic E-state index is 11.0. The SMILES string of the molecule is COc1ccc([N+](=O)[O-])c(NCc2ccnc(C)n2)c1. The summed E-state index contributed by atoms with van der Waals surface area (Å²) in [5.41, 5.74) is 1.15. The Morgan fingerprint density at radius 3 is 2.85 bits per heavy atom. The van der Waals surface area contributed by atoms with Crippen molar-refractivity contribution in [1.29, 1.82) is 0 Å². The molecule has 0 aliphatic rings. The fourth-order valence-corrected chi connectivity index (χ4v) is 1.73. The highest BCUT2D eigenvalue weighted by Crippen LogP contribution is 2.29. The number of hydrogen-bond acceptors (Lipinski definition) is 6. The van der Waals surface area contributed by atoms with Crippen molar-refractivity contribution in [3.05, 3.63) is 52.1 Å². The van der Waals surface area contributed by atoms with E-state index in [1.54, 1.807) is 31.3 Å². The van der Waals surface area contributed by atoms with Gasteiger partial charge in [0, 0.05) is 18.3 Å². The fraction of sp³-hybridized carbons (Fsp3) is 0.231. The van der Waals surface area contributed by atoms with Crippen LogP contribution in [0.5, 0.6) is 5.75 Å². The van der Waals surface area contributed by atoms with Crippen molar-refractivity contribution in [2.24, 2.45) is 0 Å². The van der Waals surface area contributed by atoms with Gasteiger partial charge in [-0.3, -0.25) is 10.1 Å². The van der Waals surface area contributed by atoms with Crippen LogP contribution in [0.2, 0.25) is 0 Å². The normalized spacial score (nSPS) is 10.1. The zero-order valence-corrected chi connectivity index (χ0v) is 11.2. The molecule has 0 saturated heterocycles. The van der Waals surface area contributed by atoms with Crippen LogP contribution in [0.3, 0.4) is 0 Å². The molecule has 0 unspecified atom stereocenters. The first-order valence-corrected chi connectivity index (χ1v) is 5.95. The van der Waals surface area contributed by atoms with Gasteiger partial charge in [0.2, 0.25) is 0 Å². The number of hydrogen-bond donors (Lipinski definition) is 1. The van der Waals surface area contributed by atoms with Crippen molar-refractivity contribution in [2.45, 2.75) is 13.5 Å². The van der Waals surface area contributed by atoms with E-state index >= 15 is 0 Å². The molecule has 2 aromatic rings. The van der Waals surface area contributed by atoms with Gasteiger partial charge in [0.25, 0.3) is 5.69 Å². The summed E-state index contributed by atoms with van der Waals surface area (Å²) in [5.74, 6) is 1.21. The molecule has 1 aromatic heterocycles. The molecule has 20 heavy (non-hydrogen) atoms. The van der Waals surface area contributed by atoms with Crippen molar-refractivity contribution < 1.29 is 9.66 Å². The average Bonchev–Trinajstić information content (AvgIpc) is 2.44. The minimum Gasteiger partial charge on any atom is -0.497 e. The lowest BCUT2D eigenvalue weighted by Crippen LogP contribution is -2.05. The summed E-state index contributed by atoms with van der Waals surface area (Å²) in [6.45, 7) is 2.16. The molecular formula is C13H14N4O3. The summed E-state index contributed by atoms with van der Waals surface area (Å²) in [4.78, 5) is 18.8. The molecule has 0 bridgehead atoms. The second-order valence-electron chi connectivity index (χ2n) is 4.09. The molecule has 0 aliphatic carbocycles. The Bertz CT molecular complexity index is 631. The summed E-state index contributed by atoms with van der Waals surface area (Å²) in [5, 5.41) is 14.0. The molecule has 0 aliphatic heterocycles. The largest absolute Gasteiger partial charge is 0.497 e. The number of aryl methyl sites for hydroxylation is 1. The smallest absolute Gasteiger partial charge is 0.292 e. The first kappa shape index (κ1) is 13.7. The topological polar surface area (TPSA) is 90.2 Å². The van der Waals surface area contributed by atoms with E-state index in [0.717, 1.165) is 5.69 Å². The molecule has 0 saturated carbocycles. The van der Waals surface area contributed by atoms with Crippen molar-refractivity contribution in [3.8, 4) is 5.75 Å². The van der Waals surface area contributed by atoms with E-state index in [1.807, 2.05) is 0 Å². The summed E-state index contributed by atoms with van der Waals surface area (Å²) in [6.07, 6.45) is 1.65. The minimum atomic E-state index is -0.437. The van der Waals surface area contributed by atoms with Gasteiger partial charge in [-0.25, -0.2) is 9.97 Å². The Balaban J connectivity index is 2.21. The Kier molecular flexibility index (Phi) is 4.09. The Hall–Kier alpha value is -2.70. The second kappa shape index (κ2) is 5.96. The third-order valence-corrected chi connectivity index (χ3v) is 2.69. The van der Waals surface area contributed by atoms with Gasteiger partial charge in [0.05, 0.1) is 24.3 Å². The zero-order valence-electron chi connectivity index (χ0n) is 11.2. The fourth-order valence-electron chi connectivity index (χ4n) is 1.73. The molecule has 0 amide bonds. The van der Waals surface area contributed by atoms with Crippen LogP contribution in [0, 0.1) is 17.0 Å². The predicted octanol–water partition coefficient (Wildman–Crippen LogP) is 2.31. The van der Waals surface area contributed by atoms with Gasteiger partial charge >= 0.3 is 0 Å². The second-order valence-corrected chi connectivity index (χ2v) is 4.09.